The van der Waals surface area contributed by atoms with Crippen LogP contribution in [-0.4, -0.2) is 42.0 Å². The number of carbonyl (C=O) groups is 1. The van der Waals surface area contributed by atoms with Crippen LogP contribution in [0.15, 0.2) is 54.6 Å². The number of para-hydroxylation sites is 1. The number of amides is 2. The van der Waals surface area contributed by atoms with Crippen molar-refractivity contribution in [1.82, 2.24) is 9.80 Å². The predicted octanol–water partition coefficient (Wildman–Crippen LogP) is 4.36. The van der Waals surface area contributed by atoms with Gasteiger partial charge in [-0.15, -0.1) is 0 Å². The maximum Gasteiger partial charge on any atom is 0.322 e. The zero-order chi connectivity index (χ0) is 17.9. The Morgan fingerprint density at radius 1 is 1.08 bits per heavy atom. The van der Waals surface area contributed by atoms with Gasteiger partial charge >= 0.3 is 6.03 Å². The lowest BCUT2D eigenvalue weighted by atomic mass is 9.91. The van der Waals surface area contributed by atoms with Crippen LogP contribution in [0.3, 0.4) is 0 Å². The fraction of sp³-hybridized carbons (Fsp3) is 0.409. The van der Waals surface area contributed by atoms with Gasteiger partial charge in [0.05, 0.1) is 6.04 Å². The van der Waals surface area contributed by atoms with Crippen LogP contribution in [-0.2, 0) is 0 Å². The molecule has 4 heteroatoms. The summed E-state index contributed by atoms with van der Waals surface area (Å²) in [5.41, 5.74) is 3.29. The maximum absolute atomic E-state index is 13.0. The van der Waals surface area contributed by atoms with Crippen molar-refractivity contribution >= 4 is 11.7 Å². The standard InChI is InChI=1S/C22H27N3O/c1-2-24-14-8-9-17(15-24)16-25-21(18-10-4-3-5-11-18)19-12-6-7-13-20(19)23-22(25)26/h3-7,10-13,17,21H,2,8-9,14-16H2,1H3,(H,23,26). The summed E-state index contributed by atoms with van der Waals surface area (Å²) in [6.07, 6.45) is 2.42. The minimum absolute atomic E-state index is 0.0156. The van der Waals surface area contributed by atoms with E-state index in [1.807, 2.05) is 23.1 Å². The van der Waals surface area contributed by atoms with Crippen LogP contribution in [0.5, 0.6) is 0 Å². The molecule has 1 saturated heterocycles. The molecule has 2 unspecified atom stereocenters. The lowest BCUT2D eigenvalue weighted by Crippen LogP contribution is -2.48. The molecule has 2 aromatic rings. The maximum atomic E-state index is 13.0. The SMILES string of the molecule is CCN1CCCC(CN2C(=O)Nc3ccccc3C2c2ccccc2)C1. The van der Waals surface area contributed by atoms with Crippen molar-refractivity contribution in [1.29, 1.82) is 0 Å². The van der Waals surface area contributed by atoms with Crippen molar-refractivity contribution in [3.8, 4) is 0 Å². The summed E-state index contributed by atoms with van der Waals surface area (Å²) in [4.78, 5) is 17.5. The summed E-state index contributed by atoms with van der Waals surface area (Å²) in [6.45, 7) is 6.39. The van der Waals surface area contributed by atoms with Gasteiger partial charge in [-0.05, 0) is 43.5 Å². The number of likely N-dealkylation sites (tertiary alicyclic amines) is 1. The summed E-state index contributed by atoms with van der Waals surface area (Å²) >= 11 is 0. The molecule has 2 aliphatic rings. The number of benzene rings is 2. The molecule has 0 radical (unpaired) electrons. The van der Waals surface area contributed by atoms with Crippen molar-refractivity contribution in [2.24, 2.45) is 5.92 Å². The third kappa shape index (κ3) is 3.34. The number of nitrogens with zero attached hydrogens (tertiary/aromatic N) is 2. The molecule has 0 aromatic heterocycles. The number of carbonyl (C=O) groups excluding carboxylic acids is 1. The van der Waals surface area contributed by atoms with E-state index in [9.17, 15) is 4.79 Å². The first kappa shape index (κ1) is 17.1. The Kier molecular flexibility index (Phi) is 4.93. The molecule has 0 aliphatic carbocycles. The van der Waals surface area contributed by atoms with E-state index in [4.69, 9.17) is 0 Å². The Hall–Kier alpha value is -2.33. The Balaban J connectivity index is 1.66. The highest BCUT2D eigenvalue weighted by atomic mass is 16.2. The van der Waals surface area contributed by atoms with E-state index in [1.165, 1.54) is 30.5 Å². The molecule has 1 N–H and O–H groups in total. The summed E-state index contributed by atoms with van der Waals surface area (Å²) in [5, 5.41) is 3.10. The van der Waals surface area contributed by atoms with Crippen molar-refractivity contribution in [2.75, 3.05) is 31.5 Å². The zero-order valence-electron chi connectivity index (χ0n) is 15.4. The average molecular weight is 349 g/mol. The van der Waals surface area contributed by atoms with Crippen molar-refractivity contribution in [3.05, 3.63) is 65.7 Å². The van der Waals surface area contributed by atoms with Crippen molar-refractivity contribution in [3.63, 3.8) is 0 Å². The summed E-state index contributed by atoms with van der Waals surface area (Å²) in [5.74, 6) is 0.533. The van der Waals surface area contributed by atoms with Gasteiger partial charge in [0.25, 0.3) is 0 Å². The molecule has 2 aliphatic heterocycles. The summed E-state index contributed by atoms with van der Waals surface area (Å²) < 4.78 is 0. The molecule has 136 valence electrons. The van der Waals surface area contributed by atoms with E-state index in [-0.39, 0.29) is 12.1 Å². The van der Waals surface area contributed by atoms with Crippen LogP contribution >= 0.6 is 0 Å². The summed E-state index contributed by atoms with van der Waals surface area (Å²) in [6, 6.07) is 18.6. The number of fused-ring (bicyclic) bond motifs is 1. The summed E-state index contributed by atoms with van der Waals surface area (Å²) in [7, 11) is 0. The third-order valence-corrected chi connectivity index (χ3v) is 5.69. The van der Waals surface area contributed by atoms with E-state index in [0.717, 1.165) is 25.3 Å². The van der Waals surface area contributed by atoms with Gasteiger partial charge in [0.15, 0.2) is 0 Å². The molecule has 0 bridgehead atoms. The van der Waals surface area contributed by atoms with Crippen molar-refractivity contribution in [2.45, 2.75) is 25.8 Å². The fourth-order valence-corrected chi connectivity index (χ4v) is 4.37. The molecule has 4 nitrogen and oxygen atoms in total. The highest BCUT2D eigenvalue weighted by Crippen LogP contribution is 2.38. The van der Waals surface area contributed by atoms with E-state index in [0.29, 0.717) is 5.92 Å². The Morgan fingerprint density at radius 2 is 1.85 bits per heavy atom. The molecule has 2 atom stereocenters. The molecule has 4 rings (SSSR count). The predicted molar refractivity (Wildman–Crippen MR) is 105 cm³/mol. The largest absolute Gasteiger partial charge is 0.322 e. The Morgan fingerprint density at radius 3 is 2.65 bits per heavy atom. The number of urea groups is 1. The Bertz CT molecular complexity index is 761. The Labute approximate surface area is 155 Å². The number of anilines is 1. The molecule has 1 fully saturated rings. The zero-order valence-corrected chi connectivity index (χ0v) is 15.4. The molecule has 0 spiro atoms. The second-order valence-electron chi connectivity index (χ2n) is 7.38. The van der Waals surface area contributed by atoms with E-state index in [1.54, 1.807) is 0 Å². The smallest absolute Gasteiger partial charge is 0.313 e. The van der Waals surface area contributed by atoms with Gasteiger partial charge in [-0.3, -0.25) is 0 Å². The van der Waals surface area contributed by atoms with Crippen LogP contribution < -0.4 is 5.32 Å². The second-order valence-corrected chi connectivity index (χ2v) is 7.38. The lowest BCUT2D eigenvalue weighted by Gasteiger charge is -2.41. The van der Waals surface area contributed by atoms with Crippen LogP contribution in [0.25, 0.3) is 0 Å². The van der Waals surface area contributed by atoms with Crippen molar-refractivity contribution < 1.29 is 4.79 Å². The third-order valence-electron chi connectivity index (χ3n) is 5.69. The number of piperidine rings is 1. The van der Waals surface area contributed by atoms with Crippen LogP contribution in [0.1, 0.15) is 36.9 Å². The lowest BCUT2D eigenvalue weighted by molar-refractivity contribution is 0.133. The number of rotatable bonds is 4. The van der Waals surface area contributed by atoms with Gasteiger partial charge in [-0.1, -0.05) is 55.5 Å². The van der Waals surface area contributed by atoms with Gasteiger partial charge in [0.1, 0.15) is 0 Å². The van der Waals surface area contributed by atoms with E-state index >= 15 is 0 Å². The van der Waals surface area contributed by atoms with E-state index < -0.39 is 0 Å². The first-order valence-corrected chi connectivity index (χ1v) is 9.70. The van der Waals surface area contributed by atoms with Gasteiger partial charge < -0.3 is 15.1 Å². The monoisotopic (exact) mass is 349 g/mol. The first-order valence-electron chi connectivity index (χ1n) is 9.70. The van der Waals surface area contributed by atoms with Crippen LogP contribution in [0.4, 0.5) is 10.5 Å². The first-order chi connectivity index (χ1) is 12.8. The van der Waals surface area contributed by atoms with Gasteiger partial charge in [-0.2, -0.15) is 0 Å². The topological polar surface area (TPSA) is 35.6 Å². The quantitative estimate of drug-likeness (QED) is 0.890. The number of nitrogens with one attached hydrogen (secondary N) is 1. The molecule has 2 heterocycles. The van der Waals surface area contributed by atoms with Gasteiger partial charge in [0, 0.05) is 24.3 Å². The molecule has 0 saturated carbocycles. The molecular weight excluding hydrogens is 322 g/mol. The van der Waals surface area contributed by atoms with E-state index in [2.05, 4.69) is 53.5 Å². The molecule has 26 heavy (non-hydrogen) atoms. The average Bonchev–Trinajstić information content (AvgIpc) is 2.69. The molecule has 2 amide bonds. The minimum Gasteiger partial charge on any atom is -0.313 e. The number of hydrogen-bond acceptors (Lipinski definition) is 2. The molecule has 2 aromatic carbocycles. The highest BCUT2D eigenvalue weighted by molar-refractivity contribution is 5.93. The minimum atomic E-state index is -0.0156. The van der Waals surface area contributed by atoms with Crippen LogP contribution in [0.2, 0.25) is 0 Å². The molecular formula is C22H27N3O. The van der Waals surface area contributed by atoms with Crippen LogP contribution in [0, 0.1) is 5.92 Å². The number of hydrogen-bond donors (Lipinski definition) is 1. The normalized spacial score (nSPS) is 23.4. The second kappa shape index (κ2) is 7.50. The van der Waals surface area contributed by atoms with Gasteiger partial charge in [0.2, 0.25) is 0 Å². The van der Waals surface area contributed by atoms with Gasteiger partial charge in [-0.25, -0.2) is 4.79 Å². The highest BCUT2D eigenvalue weighted by Gasteiger charge is 2.35. The fourth-order valence-electron chi connectivity index (χ4n) is 4.37.